The number of phenolic OH excluding ortho intramolecular Hbond substituents is 1. The van der Waals surface area contributed by atoms with Gasteiger partial charge in [0, 0.05) is 12.5 Å². The summed E-state index contributed by atoms with van der Waals surface area (Å²) in [4.78, 5) is 0. The minimum atomic E-state index is 0.348. The van der Waals surface area contributed by atoms with Crippen molar-refractivity contribution in [3.05, 3.63) is 23.3 Å². The lowest BCUT2D eigenvalue weighted by Crippen LogP contribution is -2.10. The van der Waals surface area contributed by atoms with Crippen LogP contribution in [0.3, 0.4) is 0 Å². The van der Waals surface area contributed by atoms with Crippen LogP contribution in [0.2, 0.25) is 0 Å². The summed E-state index contributed by atoms with van der Waals surface area (Å²) in [5, 5.41) is 12.8. The van der Waals surface area contributed by atoms with Crippen LogP contribution in [0, 0.1) is 0 Å². The van der Waals surface area contributed by atoms with Crippen molar-refractivity contribution in [2.24, 2.45) is 0 Å². The molecule has 1 aliphatic rings. The van der Waals surface area contributed by atoms with Crippen molar-refractivity contribution in [3.63, 3.8) is 0 Å². The normalized spacial score (nSPS) is 13.8. The summed E-state index contributed by atoms with van der Waals surface area (Å²) < 4.78 is 5.36. The highest BCUT2D eigenvalue weighted by molar-refractivity contribution is 5.47. The van der Waals surface area contributed by atoms with Gasteiger partial charge in [0.2, 0.25) is 0 Å². The van der Waals surface area contributed by atoms with Crippen molar-refractivity contribution in [3.8, 4) is 11.5 Å². The SMILES string of the molecule is CNCCc1cc2c(cc1O)OCC2. The number of benzene rings is 1. The van der Waals surface area contributed by atoms with Gasteiger partial charge in [-0.25, -0.2) is 0 Å². The van der Waals surface area contributed by atoms with E-state index in [2.05, 4.69) is 11.4 Å². The third-order valence-corrected chi connectivity index (χ3v) is 2.54. The number of rotatable bonds is 3. The summed E-state index contributed by atoms with van der Waals surface area (Å²) in [5.74, 6) is 1.19. The van der Waals surface area contributed by atoms with Gasteiger partial charge in [0.1, 0.15) is 11.5 Å². The van der Waals surface area contributed by atoms with E-state index in [1.54, 1.807) is 6.07 Å². The van der Waals surface area contributed by atoms with Gasteiger partial charge in [0.15, 0.2) is 0 Å². The minimum absolute atomic E-state index is 0.348. The van der Waals surface area contributed by atoms with E-state index in [1.807, 2.05) is 7.05 Å². The van der Waals surface area contributed by atoms with Gasteiger partial charge in [-0.2, -0.15) is 0 Å². The molecule has 0 fully saturated rings. The van der Waals surface area contributed by atoms with Crippen LogP contribution in [0.15, 0.2) is 12.1 Å². The van der Waals surface area contributed by atoms with E-state index in [4.69, 9.17) is 4.74 Å². The molecule has 76 valence electrons. The van der Waals surface area contributed by atoms with E-state index < -0.39 is 0 Å². The predicted octanol–water partition coefficient (Wildman–Crippen LogP) is 1.09. The van der Waals surface area contributed by atoms with E-state index in [1.165, 1.54) is 5.56 Å². The number of hydrogen-bond acceptors (Lipinski definition) is 3. The zero-order valence-corrected chi connectivity index (χ0v) is 8.34. The van der Waals surface area contributed by atoms with Crippen LogP contribution in [-0.2, 0) is 12.8 Å². The molecule has 1 aromatic rings. The molecule has 0 unspecified atom stereocenters. The van der Waals surface area contributed by atoms with Crippen molar-refractivity contribution in [2.75, 3.05) is 20.2 Å². The van der Waals surface area contributed by atoms with Gasteiger partial charge in [-0.3, -0.25) is 0 Å². The Morgan fingerprint density at radius 2 is 2.36 bits per heavy atom. The van der Waals surface area contributed by atoms with E-state index in [0.717, 1.165) is 37.3 Å². The predicted molar refractivity (Wildman–Crippen MR) is 54.9 cm³/mol. The molecule has 0 saturated heterocycles. The number of phenols is 1. The lowest BCUT2D eigenvalue weighted by atomic mass is 10.1. The van der Waals surface area contributed by atoms with Crippen molar-refractivity contribution in [2.45, 2.75) is 12.8 Å². The third-order valence-electron chi connectivity index (χ3n) is 2.54. The minimum Gasteiger partial charge on any atom is -0.508 e. The van der Waals surface area contributed by atoms with E-state index in [9.17, 15) is 5.11 Å². The molecular formula is C11H15NO2. The zero-order valence-electron chi connectivity index (χ0n) is 8.34. The molecule has 1 heterocycles. The summed E-state index contributed by atoms with van der Waals surface area (Å²) in [7, 11) is 1.91. The highest BCUT2D eigenvalue weighted by atomic mass is 16.5. The Morgan fingerprint density at radius 3 is 3.14 bits per heavy atom. The third kappa shape index (κ3) is 1.68. The molecular weight excluding hydrogens is 178 g/mol. The average molecular weight is 193 g/mol. The first kappa shape index (κ1) is 9.34. The maximum atomic E-state index is 9.69. The second kappa shape index (κ2) is 3.88. The summed E-state index contributed by atoms with van der Waals surface area (Å²) in [6.07, 6.45) is 1.82. The smallest absolute Gasteiger partial charge is 0.126 e. The zero-order chi connectivity index (χ0) is 9.97. The van der Waals surface area contributed by atoms with Gasteiger partial charge < -0.3 is 15.2 Å². The van der Waals surface area contributed by atoms with Crippen molar-refractivity contribution >= 4 is 0 Å². The lowest BCUT2D eigenvalue weighted by Gasteiger charge is -2.06. The Morgan fingerprint density at radius 1 is 1.50 bits per heavy atom. The second-order valence-corrected chi connectivity index (χ2v) is 3.54. The molecule has 0 amide bonds. The average Bonchev–Trinajstić information content (AvgIpc) is 2.61. The van der Waals surface area contributed by atoms with Gasteiger partial charge in [-0.05, 0) is 37.2 Å². The molecule has 0 saturated carbocycles. The maximum absolute atomic E-state index is 9.69. The highest BCUT2D eigenvalue weighted by Gasteiger charge is 2.15. The quantitative estimate of drug-likeness (QED) is 0.755. The van der Waals surface area contributed by atoms with Crippen molar-refractivity contribution in [1.29, 1.82) is 0 Å². The topological polar surface area (TPSA) is 41.5 Å². The summed E-state index contributed by atoms with van der Waals surface area (Å²) in [6.45, 7) is 1.62. The van der Waals surface area contributed by atoms with Gasteiger partial charge in [0.05, 0.1) is 6.61 Å². The lowest BCUT2D eigenvalue weighted by molar-refractivity contribution is 0.354. The molecule has 14 heavy (non-hydrogen) atoms. The van der Waals surface area contributed by atoms with Crippen LogP contribution < -0.4 is 10.1 Å². The molecule has 0 aliphatic carbocycles. The molecule has 0 bridgehead atoms. The second-order valence-electron chi connectivity index (χ2n) is 3.54. The monoisotopic (exact) mass is 193 g/mol. The van der Waals surface area contributed by atoms with Gasteiger partial charge >= 0.3 is 0 Å². The first-order valence-electron chi connectivity index (χ1n) is 4.93. The molecule has 1 aliphatic heterocycles. The maximum Gasteiger partial charge on any atom is 0.126 e. The highest BCUT2D eigenvalue weighted by Crippen LogP contribution is 2.32. The fraction of sp³-hybridized carbons (Fsp3) is 0.455. The molecule has 3 heteroatoms. The number of nitrogens with one attached hydrogen (secondary N) is 1. The fourth-order valence-corrected chi connectivity index (χ4v) is 1.73. The van der Waals surface area contributed by atoms with E-state index in [0.29, 0.717) is 5.75 Å². The van der Waals surface area contributed by atoms with Crippen molar-refractivity contribution < 1.29 is 9.84 Å². The molecule has 2 rings (SSSR count). The number of likely N-dealkylation sites (N-methyl/N-ethyl adjacent to an activating group) is 1. The number of hydrogen-bond donors (Lipinski definition) is 2. The van der Waals surface area contributed by atoms with E-state index in [-0.39, 0.29) is 0 Å². The molecule has 0 atom stereocenters. The Balaban J connectivity index is 2.23. The number of aromatic hydroxyl groups is 1. The first-order chi connectivity index (χ1) is 6.81. The summed E-state index contributed by atoms with van der Waals surface area (Å²) in [6, 6.07) is 3.78. The molecule has 2 N–H and O–H groups in total. The van der Waals surface area contributed by atoms with E-state index >= 15 is 0 Å². The van der Waals surface area contributed by atoms with Gasteiger partial charge in [0.25, 0.3) is 0 Å². The number of ether oxygens (including phenoxy) is 1. The van der Waals surface area contributed by atoms with Crippen LogP contribution in [0.5, 0.6) is 11.5 Å². The Bertz CT molecular complexity index is 336. The molecule has 3 nitrogen and oxygen atoms in total. The fourth-order valence-electron chi connectivity index (χ4n) is 1.73. The van der Waals surface area contributed by atoms with Crippen LogP contribution in [0.1, 0.15) is 11.1 Å². The molecule has 0 aromatic heterocycles. The van der Waals surface area contributed by atoms with Gasteiger partial charge in [-0.15, -0.1) is 0 Å². The summed E-state index contributed by atoms with van der Waals surface area (Å²) >= 11 is 0. The Labute approximate surface area is 83.7 Å². The number of fused-ring (bicyclic) bond motifs is 1. The van der Waals surface area contributed by atoms with Gasteiger partial charge in [-0.1, -0.05) is 0 Å². The largest absolute Gasteiger partial charge is 0.508 e. The molecule has 1 aromatic carbocycles. The molecule has 0 spiro atoms. The molecule has 0 radical (unpaired) electrons. The summed E-state index contributed by atoms with van der Waals surface area (Å²) in [5.41, 5.74) is 2.22. The van der Waals surface area contributed by atoms with Crippen molar-refractivity contribution in [1.82, 2.24) is 5.32 Å². The van der Waals surface area contributed by atoms with Crippen LogP contribution in [0.4, 0.5) is 0 Å². The van der Waals surface area contributed by atoms with Crippen LogP contribution in [-0.4, -0.2) is 25.3 Å². The standard InChI is InChI=1S/C11H15NO2/c1-12-4-2-8-6-9-3-5-14-11(9)7-10(8)13/h6-7,12-13H,2-5H2,1H3. The first-order valence-corrected chi connectivity index (χ1v) is 4.93. The Kier molecular flexibility index (Phi) is 2.59. The Hall–Kier alpha value is -1.22. The van der Waals surface area contributed by atoms with Crippen LogP contribution in [0.25, 0.3) is 0 Å². The van der Waals surface area contributed by atoms with Crippen LogP contribution >= 0.6 is 0 Å².